The van der Waals surface area contributed by atoms with E-state index >= 15 is 0 Å². The average molecular weight is 468 g/mol. The van der Waals surface area contributed by atoms with Gasteiger partial charge in [-0.1, -0.05) is 97.5 Å². The highest BCUT2D eigenvalue weighted by Gasteiger charge is 2.28. The van der Waals surface area contributed by atoms with E-state index in [1.807, 2.05) is 0 Å². The van der Waals surface area contributed by atoms with E-state index in [0.29, 0.717) is 0 Å². The maximum absolute atomic E-state index is 14.2. The van der Waals surface area contributed by atoms with E-state index in [2.05, 4.69) is 12.2 Å². The number of benzene rings is 1. The van der Waals surface area contributed by atoms with Gasteiger partial charge in [0.2, 0.25) is 0 Å². The molecule has 0 aromatic heterocycles. The monoisotopic (exact) mass is 467 g/mol. The van der Waals surface area contributed by atoms with Crippen LogP contribution in [0.2, 0.25) is 0 Å². The van der Waals surface area contributed by atoms with Crippen LogP contribution in [0.3, 0.4) is 0 Å². The molecule has 0 bridgehead atoms. The summed E-state index contributed by atoms with van der Waals surface area (Å²) in [6.45, 7) is 7.47. The summed E-state index contributed by atoms with van der Waals surface area (Å²) in [5.41, 5.74) is -0.508. The van der Waals surface area contributed by atoms with Crippen LogP contribution in [0, 0.1) is 24.5 Å². The van der Waals surface area contributed by atoms with Crippen molar-refractivity contribution >= 4 is 11.9 Å². The molecule has 1 N–H and O–H groups in total. The molecule has 1 amide bonds. The van der Waals surface area contributed by atoms with Crippen molar-refractivity contribution in [2.45, 2.75) is 111 Å². The molecule has 1 aromatic rings. The Bertz CT molecular complexity index is 722. The van der Waals surface area contributed by atoms with Gasteiger partial charge in [-0.15, -0.1) is 0 Å². The molecule has 6 heteroatoms. The van der Waals surface area contributed by atoms with Crippen molar-refractivity contribution in [3.8, 4) is 0 Å². The number of esters is 1. The molecule has 0 aliphatic rings. The SMILES string of the molecule is CCCCCCCCCCCCCCOC(=O)C(NC(=O)c1c(F)ccc(C)c1F)C(C)C. The van der Waals surface area contributed by atoms with Crippen LogP contribution in [0.1, 0.15) is 114 Å². The quantitative estimate of drug-likeness (QED) is 0.194. The molecule has 0 aliphatic carbocycles. The van der Waals surface area contributed by atoms with Gasteiger partial charge in [0.05, 0.1) is 6.61 Å². The van der Waals surface area contributed by atoms with Crippen molar-refractivity contribution in [2.75, 3.05) is 6.61 Å². The summed E-state index contributed by atoms with van der Waals surface area (Å²) < 4.78 is 33.6. The number of carbonyl (C=O) groups is 2. The summed E-state index contributed by atoms with van der Waals surface area (Å²) in [4.78, 5) is 24.9. The van der Waals surface area contributed by atoms with Gasteiger partial charge >= 0.3 is 5.97 Å². The Balaban J connectivity index is 2.28. The first-order valence-electron chi connectivity index (χ1n) is 12.7. The van der Waals surface area contributed by atoms with Crippen LogP contribution in [0.4, 0.5) is 8.78 Å². The molecule has 0 saturated carbocycles. The normalized spacial score (nSPS) is 12.1. The molecule has 1 rings (SSSR count). The summed E-state index contributed by atoms with van der Waals surface area (Å²) in [7, 11) is 0. The molecule has 4 nitrogen and oxygen atoms in total. The standard InChI is InChI=1S/C27H43F2NO3/c1-5-6-7-8-9-10-11-12-13-14-15-16-19-33-27(32)25(20(2)3)30-26(31)23-22(28)18-17-21(4)24(23)29/h17-18,20,25H,5-16,19H2,1-4H3,(H,30,31). The number of ether oxygens (including phenoxy) is 1. The third kappa shape index (κ3) is 11.1. The molecule has 1 aromatic carbocycles. The minimum atomic E-state index is -0.964. The van der Waals surface area contributed by atoms with E-state index in [4.69, 9.17) is 4.74 Å². The molecule has 0 saturated heterocycles. The van der Waals surface area contributed by atoms with Crippen LogP contribution in [-0.2, 0) is 9.53 Å². The van der Waals surface area contributed by atoms with E-state index in [1.165, 1.54) is 70.8 Å². The number of hydrogen-bond donors (Lipinski definition) is 1. The number of aryl methyl sites for hydroxylation is 1. The van der Waals surface area contributed by atoms with Gasteiger partial charge in [0.25, 0.3) is 5.91 Å². The van der Waals surface area contributed by atoms with Gasteiger partial charge in [0.1, 0.15) is 23.2 Å². The summed E-state index contributed by atoms with van der Waals surface area (Å²) in [5.74, 6) is -3.67. The summed E-state index contributed by atoms with van der Waals surface area (Å²) in [6, 6.07) is 1.35. The smallest absolute Gasteiger partial charge is 0.328 e. The Hall–Kier alpha value is -1.98. The van der Waals surface area contributed by atoms with Crippen molar-refractivity contribution in [1.82, 2.24) is 5.32 Å². The molecular formula is C27H43F2NO3. The van der Waals surface area contributed by atoms with Crippen molar-refractivity contribution < 1.29 is 23.1 Å². The first-order chi connectivity index (χ1) is 15.8. The Labute approximate surface area is 198 Å². The predicted molar refractivity (Wildman–Crippen MR) is 129 cm³/mol. The van der Waals surface area contributed by atoms with Crippen LogP contribution in [-0.4, -0.2) is 24.5 Å². The fourth-order valence-corrected chi connectivity index (χ4v) is 3.78. The van der Waals surface area contributed by atoms with E-state index in [0.717, 1.165) is 25.3 Å². The van der Waals surface area contributed by atoms with Crippen molar-refractivity contribution in [3.05, 3.63) is 34.9 Å². The van der Waals surface area contributed by atoms with Crippen LogP contribution in [0.5, 0.6) is 0 Å². The minimum absolute atomic E-state index is 0.164. The second-order valence-electron chi connectivity index (χ2n) is 9.31. The molecule has 0 heterocycles. The predicted octanol–water partition coefficient (Wildman–Crippen LogP) is 7.27. The first-order valence-corrected chi connectivity index (χ1v) is 12.7. The van der Waals surface area contributed by atoms with Gasteiger partial charge in [-0.3, -0.25) is 4.79 Å². The van der Waals surface area contributed by atoms with Crippen molar-refractivity contribution in [3.63, 3.8) is 0 Å². The number of nitrogens with one attached hydrogen (secondary N) is 1. The van der Waals surface area contributed by atoms with Gasteiger partial charge in [0, 0.05) is 0 Å². The minimum Gasteiger partial charge on any atom is -0.464 e. The molecule has 0 aliphatic heterocycles. The molecule has 188 valence electrons. The number of unbranched alkanes of at least 4 members (excludes halogenated alkanes) is 11. The molecule has 1 atom stereocenters. The second kappa shape index (κ2) is 16.6. The van der Waals surface area contributed by atoms with E-state index in [9.17, 15) is 18.4 Å². The molecule has 33 heavy (non-hydrogen) atoms. The van der Waals surface area contributed by atoms with Crippen molar-refractivity contribution in [1.29, 1.82) is 0 Å². The Kier molecular flexibility index (Phi) is 14.6. The fraction of sp³-hybridized carbons (Fsp3) is 0.704. The Morgan fingerprint density at radius 2 is 1.39 bits per heavy atom. The van der Waals surface area contributed by atoms with Crippen LogP contribution >= 0.6 is 0 Å². The number of hydrogen-bond acceptors (Lipinski definition) is 3. The fourth-order valence-electron chi connectivity index (χ4n) is 3.78. The maximum Gasteiger partial charge on any atom is 0.328 e. The van der Waals surface area contributed by atoms with E-state index in [-0.39, 0.29) is 18.1 Å². The van der Waals surface area contributed by atoms with Gasteiger partial charge in [-0.2, -0.15) is 0 Å². The summed E-state index contributed by atoms with van der Waals surface area (Å²) >= 11 is 0. The third-order valence-electron chi connectivity index (χ3n) is 5.96. The Morgan fingerprint density at radius 1 is 0.879 bits per heavy atom. The van der Waals surface area contributed by atoms with Crippen LogP contribution in [0.25, 0.3) is 0 Å². The lowest BCUT2D eigenvalue weighted by Gasteiger charge is -2.21. The summed E-state index contributed by atoms with van der Waals surface area (Å²) in [5, 5.41) is 2.44. The second-order valence-corrected chi connectivity index (χ2v) is 9.31. The molecule has 0 radical (unpaired) electrons. The molecule has 0 spiro atoms. The highest BCUT2D eigenvalue weighted by Crippen LogP contribution is 2.17. The highest BCUT2D eigenvalue weighted by atomic mass is 19.1. The van der Waals surface area contributed by atoms with Crippen LogP contribution < -0.4 is 5.32 Å². The molecule has 1 unspecified atom stereocenters. The largest absolute Gasteiger partial charge is 0.464 e. The number of halogens is 2. The zero-order valence-electron chi connectivity index (χ0n) is 21.0. The van der Waals surface area contributed by atoms with E-state index < -0.39 is 35.1 Å². The summed E-state index contributed by atoms with van der Waals surface area (Å²) in [6.07, 6.45) is 14.6. The van der Waals surface area contributed by atoms with Crippen molar-refractivity contribution in [2.24, 2.45) is 5.92 Å². The number of carbonyl (C=O) groups excluding carboxylic acids is 2. The lowest BCUT2D eigenvalue weighted by atomic mass is 10.0. The maximum atomic E-state index is 14.2. The number of rotatable bonds is 17. The molecule has 0 fully saturated rings. The lowest BCUT2D eigenvalue weighted by molar-refractivity contribution is -0.147. The van der Waals surface area contributed by atoms with Gasteiger partial charge in [0.15, 0.2) is 0 Å². The zero-order valence-corrected chi connectivity index (χ0v) is 21.0. The topological polar surface area (TPSA) is 55.4 Å². The third-order valence-corrected chi connectivity index (χ3v) is 5.96. The van der Waals surface area contributed by atoms with Crippen LogP contribution in [0.15, 0.2) is 12.1 Å². The zero-order chi connectivity index (χ0) is 24.6. The van der Waals surface area contributed by atoms with E-state index in [1.54, 1.807) is 13.8 Å². The average Bonchev–Trinajstić information content (AvgIpc) is 2.77. The van der Waals surface area contributed by atoms with Gasteiger partial charge in [-0.25, -0.2) is 13.6 Å². The van der Waals surface area contributed by atoms with Gasteiger partial charge in [-0.05, 0) is 30.9 Å². The van der Waals surface area contributed by atoms with Gasteiger partial charge < -0.3 is 10.1 Å². The lowest BCUT2D eigenvalue weighted by Crippen LogP contribution is -2.46. The molecular weight excluding hydrogens is 424 g/mol. The number of amides is 1. The Morgan fingerprint density at radius 3 is 1.91 bits per heavy atom. The highest BCUT2D eigenvalue weighted by molar-refractivity contribution is 5.97. The first kappa shape index (κ1) is 29.1.